The summed E-state index contributed by atoms with van der Waals surface area (Å²) in [6.45, 7) is 1.98. The molecule has 2 N–H and O–H groups in total. The van der Waals surface area contributed by atoms with E-state index >= 15 is 0 Å². The molecule has 20 heavy (non-hydrogen) atoms. The van der Waals surface area contributed by atoms with Gasteiger partial charge in [0.2, 0.25) is 5.82 Å². The van der Waals surface area contributed by atoms with E-state index in [9.17, 15) is 0 Å². The predicted molar refractivity (Wildman–Crippen MR) is 85.4 cm³/mol. The Morgan fingerprint density at radius 2 is 2.10 bits per heavy atom. The van der Waals surface area contributed by atoms with Gasteiger partial charge in [-0.05, 0) is 50.9 Å². The standard InChI is InChI=1S/C12H8Br2N4OS/c1-5-2-7(10(15)20-5)12-17-11(18-19-12)9-8(14)3-6(13)4-16-9/h2-4H,15H2,1H3. The fourth-order valence-corrected chi connectivity index (χ4v) is 3.65. The number of halogens is 2. The topological polar surface area (TPSA) is 77.8 Å². The maximum Gasteiger partial charge on any atom is 0.261 e. The number of hydrogen-bond acceptors (Lipinski definition) is 6. The highest BCUT2D eigenvalue weighted by Crippen LogP contribution is 2.34. The lowest BCUT2D eigenvalue weighted by Crippen LogP contribution is -1.88. The highest BCUT2D eigenvalue weighted by molar-refractivity contribution is 9.11. The summed E-state index contributed by atoms with van der Waals surface area (Å²) < 4.78 is 6.93. The molecule has 0 aromatic carbocycles. The monoisotopic (exact) mass is 414 g/mol. The number of anilines is 1. The second-order valence-electron chi connectivity index (χ2n) is 4.04. The van der Waals surface area contributed by atoms with Crippen LogP contribution in [0.25, 0.3) is 23.0 Å². The molecule has 0 radical (unpaired) electrons. The van der Waals surface area contributed by atoms with Crippen LogP contribution < -0.4 is 5.73 Å². The third-order valence-electron chi connectivity index (χ3n) is 2.56. The smallest absolute Gasteiger partial charge is 0.261 e. The molecule has 0 unspecified atom stereocenters. The molecule has 0 saturated carbocycles. The first-order valence-corrected chi connectivity index (χ1v) is 7.96. The minimum absolute atomic E-state index is 0.401. The van der Waals surface area contributed by atoms with Gasteiger partial charge in [0.15, 0.2) is 0 Å². The number of rotatable bonds is 2. The molecule has 3 heterocycles. The van der Waals surface area contributed by atoms with E-state index in [2.05, 4.69) is 47.0 Å². The summed E-state index contributed by atoms with van der Waals surface area (Å²) in [5, 5.41) is 4.63. The van der Waals surface area contributed by atoms with Gasteiger partial charge in [0, 0.05) is 20.0 Å². The molecule has 0 aliphatic rings. The molecule has 3 aromatic heterocycles. The molecule has 0 aliphatic heterocycles. The molecular weight excluding hydrogens is 408 g/mol. The van der Waals surface area contributed by atoms with Crippen LogP contribution >= 0.6 is 43.2 Å². The fraction of sp³-hybridized carbons (Fsp3) is 0.0833. The molecular formula is C12H8Br2N4OS. The molecule has 0 amide bonds. The van der Waals surface area contributed by atoms with Gasteiger partial charge in [-0.2, -0.15) is 4.98 Å². The molecule has 0 aliphatic carbocycles. The zero-order valence-electron chi connectivity index (χ0n) is 10.2. The number of nitrogen functional groups attached to an aromatic ring is 1. The summed E-state index contributed by atoms with van der Waals surface area (Å²) in [5.41, 5.74) is 7.31. The van der Waals surface area contributed by atoms with Crippen LogP contribution in [0.3, 0.4) is 0 Å². The van der Waals surface area contributed by atoms with Gasteiger partial charge in [-0.25, -0.2) is 0 Å². The lowest BCUT2D eigenvalue weighted by atomic mass is 10.3. The Hall–Kier alpha value is -1.25. The number of nitrogens with two attached hydrogens (primary N) is 1. The Morgan fingerprint density at radius 1 is 1.30 bits per heavy atom. The van der Waals surface area contributed by atoms with Crippen molar-refractivity contribution in [2.75, 3.05) is 5.73 Å². The molecule has 0 bridgehead atoms. The summed E-state index contributed by atoms with van der Waals surface area (Å²) in [6, 6.07) is 3.81. The lowest BCUT2D eigenvalue weighted by Gasteiger charge is -1.97. The van der Waals surface area contributed by atoms with Crippen LogP contribution in [0.1, 0.15) is 4.88 Å². The van der Waals surface area contributed by atoms with Gasteiger partial charge in [-0.3, -0.25) is 4.98 Å². The van der Waals surface area contributed by atoms with Crippen LogP contribution in [-0.2, 0) is 0 Å². The van der Waals surface area contributed by atoms with Crippen LogP contribution in [0.5, 0.6) is 0 Å². The molecule has 0 atom stereocenters. The van der Waals surface area contributed by atoms with E-state index in [-0.39, 0.29) is 0 Å². The highest BCUT2D eigenvalue weighted by Gasteiger charge is 2.17. The number of nitrogens with zero attached hydrogens (tertiary/aromatic N) is 3. The third kappa shape index (κ3) is 2.50. The van der Waals surface area contributed by atoms with Crippen LogP contribution in [0.2, 0.25) is 0 Å². The summed E-state index contributed by atoms with van der Waals surface area (Å²) in [6.07, 6.45) is 1.68. The normalized spacial score (nSPS) is 10.9. The maximum atomic E-state index is 5.93. The van der Waals surface area contributed by atoms with Crippen molar-refractivity contribution in [3.05, 3.63) is 32.2 Å². The lowest BCUT2D eigenvalue weighted by molar-refractivity contribution is 0.432. The van der Waals surface area contributed by atoms with Crippen molar-refractivity contribution in [2.45, 2.75) is 6.92 Å². The Balaban J connectivity index is 2.04. The van der Waals surface area contributed by atoms with Crippen molar-refractivity contribution < 1.29 is 4.52 Å². The third-order valence-corrected chi connectivity index (χ3v) is 4.48. The number of pyridine rings is 1. The zero-order valence-corrected chi connectivity index (χ0v) is 14.2. The summed E-state index contributed by atoms with van der Waals surface area (Å²) in [4.78, 5) is 9.73. The van der Waals surface area contributed by atoms with Crippen molar-refractivity contribution in [1.82, 2.24) is 15.1 Å². The Bertz CT molecular complexity index is 784. The summed E-state index contributed by atoms with van der Waals surface area (Å²) in [5.74, 6) is 0.820. The first-order chi connectivity index (χ1) is 9.54. The molecule has 0 spiro atoms. The number of aryl methyl sites for hydroxylation is 1. The first-order valence-electron chi connectivity index (χ1n) is 5.56. The molecule has 0 fully saturated rings. The Labute approximate surface area is 135 Å². The van der Waals surface area contributed by atoms with Gasteiger partial charge in [-0.15, -0.1) is 11.3 Å². The number of thiophene rings is 1. The minimum Gasteiger partial charge on any atom is -0.390 e. The molecule has 8 heteroatoms. The summed E-state index contributed by atoms with van der Waals surface area (Å²) >= 11 is 8.28. The van der Waals surface area contributed by atoms with Crippen molar-refractivity contribution in [3.8, 4) is 23.0 Å². The van der Waals surface area contributed by atoms with Gasteiger partial charge >= 0.3 is 0 Å². The molecule has 3 aromatic rings. The quantitative estimate of drug-likeness (QED) is 0.675. The van der Waals surface area contributed by atoms with Gasteiger partial charge in [0.1, 0.15) is 5.69 Å². The highest BCUT2D eigenvalue weighted by atomic mass is 79.9. The zero-order chi connectivity index (χ0) is 14.3. The van der Waals surface area contributed by atoms with Crippen LogP contribution in [0.15, 0.2) is 31.8 Å². The van der Waals surface area contributed by atoms with Crippen LogP contribution in [0, 0.1) is 6.92 Å². The molecule has 102 valence electrons. The van der Waals surface area contributed by atoms with E-state index in [0.29, 0.717) is 22.4 Å². The Morgan fingerprint density at radius 3 is 2.75 bits per heavy atom. The van der Waals surface area contributed by atoms with Crippen molar-refractivity contribution in [1.29, 1.82) is 0 Å². The van der Waals surface area contributed by atoms with Crippen molar-refractivity contribution in [2.24, 2.45) is 0 Å². The predicted octanol–water partition coefficient (Wildman–Crippen LogP) is 4.28. The second-order valence-corrected chi connectivity index (χ2v) is 7.10. The van der Waals surface area contributed by atoms with E-state index < -0.39 is 0 Å². The Kier molecular flexibility index (Phi) is 3.61. The minimum atomic E-state index is 0.401. The van der Waals surface area contributed by atoms with Gasteiger partial charge in [-0.1, -0.05) is 5.16 Å². The molecule has 3 rings (SSSR count). The van der Waals surface area contributed by atoms with E-state index in [4.69, 9.17) is 10.3 Å². The van der Waals surface area contributed by atoms with Crippen LogP contribution in [0.4, 0.5) is 5.00 Å². The van der Waals surface area contributed by atoms with E-state index in [1.165, 1.54) is 11.3 Å². The van der Waals surface area contributed by atoms with Gasteiger partial charge in [0.25, 0.3) is 5.89 Å². The first kappa shape index (κ1) is 13.7. The van der Waals surface area contributed by atoms with E-state index in [1.807, 2.05) is 19.1 Å². The van der Waals surface area contributed by atoms with E-state index in [0.717, 1.165) is 19.4 Å². The molecule has 5 nitrogen and oxygen atoms in total. The average molecular weight is 416 g/mol. The fourth-order valence-electron chi connectivity index (χ4n) is 1.71. The van der Waals surface area contributed by atoms with Gasteiger partial charge in [0.05, 0.1) is 10.6 Å². The van der Waals surface area contributed by atoms with Crippen molar-refractivity contribution >= 4 is 48.2 Å². The van der Waals surface area contributed by atoms with Crippen molar-refractivity contribution in [3.63, 3.8) is 0 Å². The maximum absolute atomic E-state index is 5.93. The SMILES string of the molecule is Cc1cc(-c2nc(-c3ncc(Br)cc3Br)no2)c(N)s1. The van der Waals surface area contributed by atoms with Crippen LogP contribution in [-0.4, -0.2) is 15.1 Å². The molecule has 0 saturated heterocycles. The number of aromatic nitrogens is 3. The average Bonchev–Trinajstić information content (AvgIpc) is 2.96. The summed E-state index contributed by atoms with van der Waals surface area (Å²) in [7, 11) is 0. The number of hydrogen-bond donors (Lipinski definition) is 1. The second kappa shape index (κ2) is 5.27. The van der Waals surface area contributed by atoms with E-state index in [1.54, 1.807) is 6.20 Å². The van der Waals surface area contributed by atoms with Gasteiger partial charge < -0.3 is 10.3 Å². The largest absolute Gasteiger partial charge is 0.390 e.